The molecular formula is C29H32N6O. The quantitative estimate of drug-likeness (QED) is 0.580. The number of aliphatic hydroxyl groups excluding tert-OH is 1. The van der Waals surface area contributed by atoms with Gasteiger partial charge >= 0.3 is 0 Å². The summed E-state index contributed by atoms with van der Waals surface area (Å²) in [4.78, 5) is 7.19. The highest BCUT2D eigenvalue weighted by Gasteiger charge is 2.34. The molecule has 7 nitrogen and oxygen atoms in total. The SMILES string of the molecule is NC1(c2ccc(C3=N/C=C\n4c(nnc4CN4CC[C@H](O)C4)C/C=C\3c3ccccc3)cc2)CCC1. The highest BCUT2D eigenvalue weighted by atomic mass is 16.3. The zero-order valence-electron chi connectivity index (χ0n) is 20.4. The molecule has 0 amide bonds. The molecule has 6 rings (SSSR count). The third-order valence-corrected chi connectivity index (χ3v) is 7.68. The number of benzene rings is 2. The maximum Gasteiger partial charge on any atom is 0.151 e. The lowest BCUT2D eigenvalue weighted by atomic mass is 9.72. The number of fused-ring (bicyclic) bond motifs is 1. The van der Waals surface area contributed by atoms with E-state index in [0.29, 0.717) is 19.5 Å². The van der Waals surface area contributed by atoms with E-state index in [9.17, 15) is 5.11 Å². The van der Waals surface area contributed by atoms with Crippen molar-refractivity contribution in [1.82, 2.24) is 19.7 Å². The van der Waals surface area contributed by atoms with E-state index in [0.717, 1.165) is 59.9 Å². The Balaban J connectivity index is 1.36. The number of β-amino-alcohol motifs (C(OH)–C–C–N with tert-alkyl or cyclic N) is 1. The predicted octanol–water partition coefficient (Wildman–Crippen LogP) is 3.74. The zero-order chi connectivity index (χ0) is 24.5. The van der Waals surface area contributed by atoms with Crippen LogP contribution in [-0.2, 0) is 18.5 Å². The summed E-state index contributed by atoms with van der Waals surface area (Å²) in [6.45, 7) is 2.20. The normalized spacial score (nSPS) is 25.3. The van der Waals surface area contributed by atoms with Crippen LogP contribution in [0, 0.1) is 0 Å². The Morgan fingerprint density at radius 3 is 2.50 bits per heavy atom. The van der Waals surface area contributed by atoms with Gasteiger partial charge in [-0.1, -0.05) is 60.7 Å². The number of likely N-dealkylation sites (tertiary alicyclic amines) is 1. The number of aliphatic imine (C=N–C) groups is 1. The smallest absolute Gasteiger partial charge is 0.151 e. The van der Waals surface area contributed by atoms with Gasteiger partial charge in [0.05, 0.1) is 18.4 Å². The van der Waals surface area contributed by atoms with Crippen molar-refractivity contribution in [2.45, 2.75) is 50.3 Å². The maximum absolute atomic E-state index is 9.91. The van der Waals surface area contributed by atoms with E-state index in [-0.39, 0.29) is 11.6 Å². The summed E-state index contributed by atoms with van der Waals surface area (Å²) in [5, 5.41) is 18.9. The lowest BCUT2D eigenvalue weighted by molar-refractivity contribution is 0.173. The molecule has 1 saturated carbocycles. The molecule has 1 saturated heterocycles. The molecule has 2 aromatic carbocycles. The first-order valence-corrected chi connectivity index (χ1v) is 12.8. The van der Waals surface area contributed by atoms with E-state index >= 15 is 0 Å². The molecule has 7 heteroatoms. The third kappa shape index (κ3) is 4.46. The summed E-state index contributed by atoms with van der Waals surface area (Å²) in [6.07, 6.45) is 10.5. The van der Waals surface area contributed by atoms with Crippen LogP contribution in [0.25, 0.3) is 11.8 Å². The average Bonchev–Trinajstić information content (AvgIpc) is 3.49. The van der Waals surface area contributed by atoms with Crippen molar-refractivity contribution < 1.29 is 5.11 Å². The largest absolute Gasteiger partial charge is 0.392 e. The number of aromatic nitrogens is 3. The van der Waals surface area contributed by atoms with Crippen LogP contribution < -0.4 is 5.73 Å². The van der Waals surface area contributed by atoms with Crippen LogP contribution in [0.1, 0.15) is 54.0 Å². The molecule has 2 aliphatic heterocycles. The summed E-state index contributed by atoms with van der Waals surface area (Å²) in [5.74, 6) is 1.73. The minimum atomic E-state index is -0.258. The lowest BCUT2D eigenvalue weighted by Gasteiger charge is -2.38. The molecule has 0 spiro atoms. The Bertz CT molecular complexity index is 1320. The molecule has 0 unspecified atom stereocenters. The van der Waals surface area contributed by atoms with Crippen molar-refractivity contribution >= 4 is 17.5 Å². The minimum Gasteiger partial charge on any atom is -0.392 e. The molecule has 184 valence electrons. The second-order valence-electron chi connectivity index (χ2n) is 10.1. The predicted molar refractivity (Wildman–Crippen MR) is 142 cm³/mol. The van der Waals surface area contributed by atoms with Crippen LogP contribution in [0.2, 0.25) is 0 Å². The molecular weight excluding hydrogens is 448 g/mol. The van der Waals surface area contributed by atoms with E-state index in [4.69, 9.17) is 10.7 Å². The second-order valence-corrected chi connectivity index (χ2v) is 10.1. The summed E-state index contributed by atoms with van der Waals surface area (Å²) in [5.41, 5.74) is 11.8. The van der Waals surface area contributed by atoms with E-state index < -0.39 is 0 Å². The van der Waals surface area contributed by atoms with Crippen molar-refractivity contribution in [3.05, 3.63) is 95.2 Å². The Morgan fingerprint density at radius 1 is 1.00 bits per heavy atom. The van der Waals surface area contributed by atoms with Gasteiger partial charge < -0.3 is 10.8 Å². The number of nitrogens with two attached hydrogens (primary N) is 1. The van der Waals surface area contributed by atoms with Crippen LogP contribution in [0.15, 0.2) is 71.9 Å². The van der Waals surface area contributed by atoms with Gasteiger partial charge in [-0.15, -0.1) is 10.2 Å². The number of rotatable bonds is 5. The number of hydrogen-bond donors (Lipinski definition) is 2. The molecule has 2 fully saturated rings. The monoisotopic (exact) mass is 480 g/mol. The first-order valence-electron chi connectivity index (χ1n) is 12.8. The van der Waals surface area contributed by atoms with E-state index in [1.165, 1.54) is 12.0 Å². The minimum absolute atomic E-state index is 0.180. The van der Waals surface area contributed by atoms with E-state index in [2.05, 4.69) is 69.7 Å². The summed E-state index contributed by atoms with van der Waals surface area (Å²) in [6, 6.07) is 19.0. The van der Waals surface area contributed by atoms with Gasteiger partial charge in [-0.05, 0) is 36.8 Å². The number of allylic oxidation sites excluding steroid dienone is 2. The summed E-state index contributed by atoms with van der Waals surface area (Å²) < 4.78 is 2.04. The van der Waals surface area contributed by atoms with Crippen LogP contribution in [0.3, 0.4) is 0 Å². The summed E-state index contributed by atoms with van der Waals surface area (Å²) >= 11 is 0. The Hall–Kier alpha value is -3.39. The molecule has 36 heavy (non-hydrogen) atoms. The molecule has 1 aromatic heterocycles. The van der Waals surface area contributed by atoms with Gasteiger partial charge in [0.2, 0.25) is 0 Å². The number of hydrogen-bond acceptors (Lipinski definition) is 6. The van der Waals surface area contributed by atoms with Gasteiger partial charge in [0.1, 0.15) is 5.82 Å². The van der Waals surface area contributed by atoms with Gasteiger partial charge in [0, 0.05) is 48.6 Å². The fourth-order valence-corrected chi connectivity index (χ4v) is 5.38. The van der Waals surface area contributed by atoms with Crippen molar-refractivity contribution in [3.8, 4) is 0 Å². The fraction of sp³-hybridized carbons (Fsp3) is 0.345. The standard InChI is InChI=1S/C29H32N6O/c30-29(14-4-15-29)23-9-7-22(8-10-23)28-25(21-5-2-1-3-6-21)11-12-26-32-33-27(35(26)18-16-31-28)20-34-17-13-24(36)19-34/h1-3,5-11,16,18,24,36H,4,12-15,17,19-20,30H2/b18-16-,25-11-,31-28-/t24-/m0/s1. The van der Waals surface area contributed by atoms with Crippen LogP contribution in [-0.4, -0.2) is 49.7 Å². The van der Waals surface area contributed by atoms with Crippen LogP contribution in [0.4, 0.5) is 0 Å². The number of nitrogens with zero attached hydrogens (tertiary/aromatic N) is 5. The molecule has 3 heterocycles. The van der Waals surface area contributed by atoms with Crippen molar-refractivity contribution in [1.29, 1.82) is 0 Å². The Morgan fingerprint density at radius 2 is 1.81 bits per heavy atom. The Kier molecular flexibility index (Phi) is 6.13. The highest BCUT2D eigenvalue weighted by Crippen LogP contribution is 2.38. The average molecular weight is 481 g/mol. The highest BCUT2D eigenvalue weighted by molar-refractivity contribution is 6.32. The number of aliphatic hydroxyl groups is 1. The van der Waals surface area contributed by atoms with Gasteiger partial charge in [-0.3, -0.25) is 14.5 Å². The molecule has 3 aromatic rings. The van der Waals surface area contributed by atoms with Gasteiger partial charge in [-0.25, -0.2) is 0 Å². The molecule has 3 N–H and O–H groups in total. The first-order chi connectivity index (χ1) is 17.6. The van der Waals surface area contributed by atoms with E-state index in [1.807, 2.05) is 23.0 Å². The van der Waals surface area contributed by atoms with Crippen LogP contribution >= 0.6 is 0 Å². The van der Waals surface area contributed by atoms with Gasteiger partial charge in [-0.2, -0.15) is 0 Å². The van der Waals surface area contributed by atoms with Gasteiger partial charge in [0.15, 0.2) is 5.82 Å². The van der Waals surface area contributed by atoms with Crippen molar-refractivity contribution in [2.75, 3.05) is 13.1 Å². The van der Waals surface area contributed by atoms with Crippen molar-refractivity contribution in [3.63, 3.8) is 0 Å². The Labute approximate surface area is 211 Å². The lowest BCUT2D eigenvalue weighted by Crippen LogP contribution is -2.43. The molecule has 1 aliphatic carbocycles. The van der Waals surface area contributed by atoms with E-state index in [1.54, 1.807) is 0 Å². The molecule has 1 atom stereocenters. The van der Waals surface area contributed by atoms with Gasteiger partial charge in [0.25, 0.3) is 0 Å². The molecule has 0 bridgehead atoms. The van der Waals surface area contributed by atoms with Crippen LogP contribution in [0.5, 0.6) is 0 Å². The van der Waals surface area contributed by atoms with Crippen molar-refractivity contribution in [2.24, 2.45) is 10.7 Å². The summed E-state index contributed by atoms with van der Waals surface area (Å²) in [7, 11) is 0. The maximum atomic E-state index is 9.91. The fourth-order valence-electron chi connectivity index (χ4n) is 5.38. The first kappa shape index (κ1) is 23.0. The molecule has 3 aliphatic rings. The topological polar surface area (TPSA) is 92.6 Å². The zero-order valence-corrected chi connectivity index (χ0v) is 20.4. The third-order valence-electron chi connectivity index (χ3n) is 7.68. The molecule has 0 radical (unpaired) electrons. The second kappa shape index (κ2) is 9.58.